The highest BCUT2D eigenvalue weighted by molar-refractivity contribution is 7.92. The van der Waals surface area contributed by atoms with E-state index in [1.807, 2.05) is 0 Å². The van der Waals surface area contributed by atoms with Gasteiger partial charge in [-0.1, -0.05) is 12.1 Å². The first-order chi connectivity index (χ1) is 14.1. The fourth-order valence-electron chi connectivity index (χ4n) is 2.69. The largest absolute Gasteiger partial charge is 0.416 e. The highest BCUT2D eigenvalue weighted by atomic mass is 32.2. The summed E-state index contributed by atoms with van der Waals surface area (Å²) in [7, 11) is -4.15. The Morgan fingerprint density at radius 2 is 1.73 bits per heavy atom. The monoisotopic (exact) mass is 435 g/mol. The van der Waals surface area contributed by atoms with Crippen molar-refractivity contribution in [1.82, 2.24) is 4.98 Å². The molecule has 0 fully saturated rings. The lowest BCUT2D eigenvalue weighted by Crippen LogP contribution is -2.16. The van der Waals surface area contributed by atoms with Crippen LogP contribution in [0.5, 0.6) is 0 Å². The van der Waals surface area contributed by atoms with E-state index in [2.05, 4.69) is 15.0 Å². The molecule has 0 bridgehead atoms. The Hall–Kier alpha value is -3.40. The Labute approximate surface area is 170 Å². The molecule has 156 valence electrons. The molecule has 2 aromatic carbocycles. The molecule has 3 rings (SSSR count). The Morgan fingerprint density at radius 1 is 0.967 bits per heavy atom. The minimum Gasteiger partial charge on any atom is -0.321 e. The van der Waals surface area contributed by atoms with E-state index in [4.69, 9.17) is 0 Å². The maximum Gasteiger partial charge on any atom is 0.416 e. The summed E-state index contributed by atoms with van der Waals surface area (Å²) in [5.74, 6) is -0.465. The number of sulfonamides is 1. The molecular weight excluding hydrogens is 419 g/mol. The predicted molar refractivity (Wildman–Crippen MR) is 106 cm³/mol. The minimum atomic E-state index is -4.59. The van der Waals surface area contributed by atoms with Gasteiger partial charge in [-0.2, -0.15) is 13.2 Å². The minimum absolute atomic E-state index is 0.129. The first-order valence-electron chi connectivity index (χ1n) is 8.59. The Kier molecular flexibility index (Phi) is 5.79. The van der Waals surface area contributed by atoms with Crippen molar-refractivity contribution in [1.29, 1.82) is 0 Å². The van der Waals surface area contributed by atoms with Gasteiger partial charge in [-0.3, -0.25) is 14.5 Å². The third-order valence-electron chi connectivity index (χ3n) is 4.06. The van der Waals surface area contributed by atoms with Gasteiger partial charge in [0.25, 0.3) is 15.9 Å². The number of nitrogens with one attached hydrogen (secondary N) is 2. The van der Waals surface area contributed by atoms with E-state index in [1.165, 1.54) is 43.5 Å². The van der Waals surface area contributed by atoms with E-state index < -0.39 is 27.7 Å². The Morgan fingerprint density at radius 3 is 2.37 bits per heavy atom. The molecule has 1 heterocycles. The molecule has 0 saturated carbocycles. The van der Waals surface area contributed by atoms with Gasteiger partial charge in [0.2, 0.25) is 0 Å². The average molecular weight is 435 g/mol. The molecule has 30 heavy (non-hydrogen) atoms. The van der Waals surface area contributed by atoms with Crippen LogP contribution in [0.1, 0.15) is 21.6 Å². The van der Waals surface area contributed by atoms with Crippen molar-refractivity contribution in [3.8, 4) is 0 Å². The molecule has 0 aliphatic heterocycles. The number of nitrogens with zero attached hydrogens (tertiary/aromatic N) is 1. The van der Waals surface area contributed by atoms with Crippen molar-refractivity contribution in [2.75, 3.05) is 10.0 Å². The number of amides is 1. The summed E-state index contributed by atoms with van der Waals surface area (Å²) in [5, 5.41) is 2.61. The van der Waals surface area contributed by atoms with E-state index in [-0.39, 0.29) is 16.3 Å². The van der Waals surface area contributed by atoms with Crippen LogP contribution in [0.15, 0.2) is 71.8 Å². The van der Waals surface area contributed by atoms with Crippen LogP contribution >= 0.6 is 0 Å². The third-order valence-corrected chi connectivity index (χ3v) is 5.60. The number of rotatable bonds is 5. The van der Waals surface area contributed by atoms with Gasteiger partial charge in [0.1, 0.15) is 5.69 Å². The zero-order chi connectivity index (χ0) is 21.9. The van der Waals surface area contributed by atoms with Crippen molar-refractivity contribution in [2.45, 2.75) is 18.0 Å². The maximum atomic E-state index is 12.8. The summed E-state index contributed by atoms with van der Waals surface area (Å²) < 4.78 is 66.0. The van der Waals surface area contributed by atoms with Crippen LogP contribution in [-0.4, -0.2) is 19.3 Å². The van der Waals surface area contributed by atoms with Gasteiger partial charge in [-0.25, -0.2) is 8.42 Å². The van der Waals surface area contributed by atoms with Gasteiger partial charge in [0.05, 0.1) is 10.5 Å². The maximum absolute atomic E-state index is 12.8. The standard InChI is InChI=1S/C20H16F3N3O3S/c1-13-11-15(25-19(27)17-7-2-3-10-24-17)8-9-18(13)30(28,29)26-16-6-4-5-14(12-16)20(21,22)23/h2-12,26H,1H3,(H,25,27). The first kappa shape index (κ1) is 21.3. The quantitative estimate of drug-likeness (QED) is 0.619. The SMILES string of the molecule is Cc1cc(NC(=O)c2ccccn2)ccc1S(=O)(=O)Nc1cccc(C(F)(F)F)c1. The molecule has 0 aliphatic carbocycles. The molecule has 0 radical (unpaired) electrons. The number of aromatic nitrogens is 1. The zero-order valence-electron chi connectivity index (χ0n) is 15.6. The topological polar surface area (TPSA) is 88.2 Å². The van der Waals surface area contributed by atoms with Gasteiger partial charge >= 0.3 is 6.18 Å². The number of hydrogen-bond acceptors (Lipinski definition) is 4. The number of aryl methyl sites for hydroxylation is 1. The van der Waals surface area contributed by atoms with E-state index in [0.29, 0.717) is 17.3 Å². The summed E-state index contributed by atoms with van der Waals surface area (Å²) in [6.07, 6.45) is -3.12. The molecule has 2 N–H and O–H groups in total. The number of anilines is 2. The van der Waals surface area contributed by atoms with Gasteiger partial charge < -0.3 is 5.32 Å². The number of halogens is 3. The van der Waals surface area contributed by atoms with Crippen LogP contribution in [-0.2, 0) is 16.2 Å². The highest BCUT2D eigenvalue weighted by Gasteiger charge is 2.30. The zero-order valence-corrected chi connectivity index (χ0v) is 16.4. The number of alkyl halides is 3. The van der Waals surface area contributed by atoms with E-state index in [1.54, 1.807) is 12.1 Å². The second kappa shape index (κ2) is 8.15. The van der Waals surface area contributed by atoms with Crippen LogP contribution in [0.3, 0.4) is 0 Å². The van der Waals surface area contributed by atoms with Crippen LogP contribution in [0.25, 0.3) is 0 Å². The lowest BCUT2D eigenvalue weighted by atomic mass is 10.2. The van der Waals surface area contributed by atoms with Crippen molar-refractivity contribution >= 4 is 27.3 Å². The van der Waals surface area contributed by atoms with Crippen molar-refractivity contribution in [3.05, 3.63) is 83.7 Å². The molecule has 0 saturated heterocycles. The average Bonchev–Trinajstić information content (AvgIpc) is 2.67. The summed E-state index contributed by atoms with van der Waals surface area (Å²) in [5.41, 5.74) is -0.337. The lowest BCUT2D eigenvalue weighted by molar-refractivity contribution is -0.137. The van der Waals surface area contributed by atoms with E-state index >= 15 is 0 Å². The second-order valence-electron chi connectivity index (χ2n) is 6.33. The van der Waals surface area contributed by atoms with E-state index in [9.17, 15) is 26.4 Å². The second-order valence-corrected chi connectivity index (χ2v) is 7.98. The summed E-state index contributed by atoms with van der Waals surface area (Å²) in [4.78, 5) is 16.0. The van der Waals surface area contributed by atoms with Crippen LogP contribution in [0.2, 0.25) is 0 Å². The number of pyridine rings is 1. The van der Waals surface area contributed by atoms with Crippen molar-refractivity contribution < 1.29 is 26.4 Å². The van der Waals surface area contributed by atoms with Gasteiger partial charge in [-0.05, 0) is 61.0 Å². The lowest BCUT2D eigenvalue weighted by Gasteiger charge is -2.13. The molecule has 1 amide bonds. The molecule has 10 heteroatoms. The normalized spacial score (nSPS) is 11.7. The Balaban J connectivity index is 1.81. The first-order valence-corrected chi connectivity index (χ1v) is 10.1. The molecule has 0 atom stereocenters. The predicted octanol–water partition coefficient (Wildman–Crippen LogP) is 4.46. The third kappa shape index (κ3) is 4.95. The number of carbonyl (C=O) groups is 1. The van der Waals surface area contributed by atoms with Crippen LogP contribution in [0.4, 0.5) is 24.5 Å². The summed E-state index contributed by atoms with van der Waals surface area (Å²) in [6, 6.07) is 12.8. The molecule has 6 nitrogen and oxygen atoms in total. The van der Waals surface area contributed by atoms with Crippen molar-refractivity contribution in [3.63, 3.8) is 0 Å². The number of hydrogen-bond donors (Lipinski definition) is 2. The molecular formula is C20H16F3N3O3S. The number of benzene rings is 2. The molecule has 0 spiro atoms. The molecule has 3 aromatic rings. The fourth-order valence-corrected chi connectivity index (χ4v) is 3.97. The van der Waals surface area contributed by atoms with E-state index in [0.717, 1.165) is 12.1 Å². The number of carbonyl (C=O) groups excluding carboxylic acids is 1. The van der Waals surface area contributed by atoms with Gasteiger partial charge in [0, 0.05) is 17.6 Å². The molecule has 1 aromatic heterocycles. The van der Waals surface area contributed by atoms with Crippen molar-refractivity contribution in [2.24, 2.45) is 0 Å². The van der Waals surface area contributed by atoms with Crippen LogP contribution in [0, 0.1) is 6.92 Å². The fraction of sp³-hybridized carbons (Fsp3) is 0.100. The summed E-state index contributed by atoms with van der Waals surface area (Å²) >= 11 is 0. The summed E-state index contributed by atoms with van der Waals surface area (Å²) in [6.45, 7) is 1.51. The van der Waals surface area contributed by atoms with Crippen LogP contribution < -0.4 is 10.0 Å². The Bertz CT molecular complexity index is 1180. The van der Waals surface area contributed by atoms with Gasteiger partial charge in [-0.15, -0.1) is 0 Å². The highest BCUT2D eigenvalue weighted by Crippen LogP contribution is 2.31. The molecule has 0 unspecified atom stereocenters. The molecule has 0 aliphatic rings. The smallest absolute Gasteiger partial charge is 0.321 e. The van der Waals surface area contributed by atoms with Gasteiger partial charge in [0.15, 0.2) is 0 Å².